The molecule has 132 valence electrons. The molecule has 0 aromatic rings. The van der Waals surface area contributed by atoms with Gasteiger partial charge in [0.25, 0.3) is 0 Å². The zero-order valence-electron chi connectivity index (χ0n) is 14.4. The van der Waals surface area contributed by atoms with Gasteiger partial charge in [-0.3, -0.25) is 20.4 Å². The zero-order chi connectivity index (χ0) is 16.7. The van der Waals surface area contributed by atoms with E-state index in [1.165, 1.54) is 0 Å². The molecule has 0 saturated carbocycles. The Morgan fingerprint density at radius 3 is 1.39 bits per heavy atom. The van der Waals surface area contributed by atoms with Crippen LogP contribution in [0.2, 0.25) is 0 Å². The van der Waals surface area contributed by atoms with Gasteiger partial charge in [0.1, 0.15) is 0 Å². The Morgan fingerprint density at radius 1 is 0.696 bits per heavy atom. The summed E-state index contributed by atoms with van der Waals surface area (Å²) in [6.45, 7) is 7.28. The van der Waals surface area contributed by atoms with E-state index < -0.39 is 0 Å². The van der Waals surface area contributed by atoms with Crippen LogP contribution in [0.4, 0.5) is 0 Å². The number of carbonyl (C=O) groups is 2. The topological polar surface area (TPSA) is 71.2 Å². The smallest absolute Gasteiger partial charge is 0.234 e. The predicted octanol–water partition coefficient (Wildman–Crippen LogP) is -1.29. The van der Waals surface area contributed by atoms with Gasteiger partial charge in [-0.1, -0.05) is 0 Å². The molecule has 0 spiro atoms. The lowest BCUT2D eigenvalue weighted by Gasteiger charge is -2.32. The fraction of sp³-hybridized carbons (Fsp3) is 0.867. The number of carbonyl (C=O) groups excluding carboxylic acids is 2. The van der Waals surface area contributed by atoms with Crippen molar-refractivity contribution < 1.29 is 9.59 Å². The van der Waals surface area contributed by atoms with Crippen LogP contribution < -0.4 is 10.9 Å². The van der Waals surface area contributed by atoms with Crippen molar-refractivity contribution in [1.29, 1.82) is 0 Å². The van der Waals surface area contributed by atoms with E-state index >= 15 is 0 Å². The van der Waals surface area contributed by atoms with Crippen molar-refractivity contribution in [1.82, 2.24) is 30.7 Å². The predicted molar refractivity (Wildman–Crippen MR) is 88.3 cm³/mol. The van der Waals surface area contributed by atoms with E-state index in [2.05, 4.69) is 34.7 Å². The number of hydrogen-bond donors (Lipinski definition) is 2. The molecule has 23 heavy (non-hydrogen) atoms. The van der Waals surface area contributed by atoms with E-state index in [-0.39, 0.29) is 11.8 Å². The van der Waals surface area contributed by atoms with Gasteiger partial charge in [-0.05, 0) is 20.5 Å². The highest BCUT2D eigenvalue weighted by Gasteiger charge is 2.17. The van der Waals surface area contributed by atoms with Gasteiger partial charge >= 0.3 is 0 Å². The van der Waals surface area contributed by atoms with Gasteiger partial charge in [-0.25, -0.2) is 10.0 Å². The third kappa shape index (κ3) is 6.82. The quantitative estimate of drug-likeness (QED) is 0.633. The zero-order valence-corrected chi connectivity index (χ0v) is 14.4. The van der Waals surface area contributed by atoms with Crippen molar-refractivity contribution in [2.45, 2.75) is 19.3 Å². The Hall–Kier alpha value is -1.22. The number of piperazine rings is 2. The number of hydrazine groups is 2. The van der Waals surface area contributed by atoms with Crippen LogP contribution in [0.25, 0.3) is 0 Å². The highest BCUT2D eigenvalue weighted by molar-refractivity contribution is 5.78. The molecular weight excluding hydrogens is 296 g/mol. The Morgan fingerprint density at radius 2 is 1.04 bits per heavy atom. The van der Waals surface area contributed by atoms with E-state index in [4.69, 9.17) is 0 Å². The SMILES string of the molecule is CN1CCN(NC(=O)CCCC(=O)NN2CCN(C)CC2)CC1. The number of nitrogens with one attached hydrogen (secondary N) is 2. The lowest BCUT2D eigenvalue weighted by Crippen LogP contribution is -2.53. The first-order valence-corrected chi connectivity index (χ1v) is 8.49. The molecule has 2 aliphatic rings. The lowest BCUT2D eigenvalue weighted by molar-refractivity contribution is -0.128. The van der Waals surface area contributed by atoms with Crippen molar-refractivity contribution in [3.05, 3.63) is 0 Å². The van der Waals surface area contributed by atoms with Crippen LogP contribution in [0.3, 0.4) is 0 Å². The summed E-state index contributed by atoms with van der Waals surface area (Å²) in [5, 5.41) is 3.93. The fourth-order valence-corrected chi connectivity index (χ4v) is 2.71. The maximum atomic E-state index is 11.9. The summed E-state index contributed by atoms with van der Waals surface area (Å²) >= 11 is 0. The summed E-state index contributed by atoms with van der Waals surface area (Å²) in [6.07, 6.45) is 1.37. The highest BCUT2D eigenvalue weighted by Crippen LogP contribution is 2.01. The molecule has 2 aliphatic heterocycles. The maximum Gasteiger partial charge on any atom is 0.234 e. The molecule has 0 aromatic heterocycles. The van der Waals surface area contributed by atoms with Gasteiger partial charge in [-0.2, -0.15) is 0 Å². The van der Waals surface area contributed by atoms with Crippen LogP contribution >= 0.6 is 0 Å². The molecule has 2 heterocycles. The summed E-state index contributed by atoms with van der Waals surface area (Å²) < 4.78 is 0. The molecule has 0 radical (unpaired) electrons. The van der Waals surface area contributed by atoms with E-state index in [1.807, 2.05) is 10.0 Å². The Labute approximate surface area is 138 Å². The van der Waals surface area contributed by atoms with Crippen LogP contribution in [0.1, 0.15) is 19.3 Å². The normalized spacial score (nSPS) is 22.0. The molecular formula is C15H30N6O2. The monoisotopic (exact) mass is 326 g/mol. The van der Waals surface area contributed by atoms with Crippen molar-refractivity contribution in [2.24, 2.45) is 0 Å². The summed E-state index contributed by atoms with van der Waals surface area (Å²) in [4.78, 5) is 28.3. The Bertz CT molecular complexity index is 353. The standard InChI is InChI=1S/C15H30N6O2/c1-18-6-10-20(11-7-18)16-14(22)4-3-5-15(23)17-21-12-8-19(2)9-13-21/h3-13H2,1-2H3,(H,16,22)(H,17,23). The van der Waals surface area contributed by atoms with Crippen LogP contribution in [-0.2, 0) is 9.59 Å². The van der Waals surface area contributed by atoms with Crippen LogP contribution in [0, 0.1) is 0 Å². The summed E-state index contributed by atoms with van der Waals surface area (Å²) in [6, 6.07) is 0. The maximum absolute atomic E-state index is 11.9. The number of likely N-dealkylation sites (N-methyl/N-ethyl adjacent to an activating group) is 2. The Kier molecular flexibility index (Phi) is 7.22. The fourth-order valence-electron chi connectivity index (χ4n) is 2.71. The molecule has 2 amide bonds. The van der Waals surface area contributed by atoms with Gasteiger partial charge in [0.2, 0.25) is 11.8 Å². The second kappa shape index (κ2) is 9.17. The van der Waals surface area contributed by atoms with Crippen LogP contribution in [0.5, 0.6) is 0 Å². The first-order chi connectivity index (χ1) is 11.0. The number of nitrogens with zero attached hydrogens (tertiary/aromatic N) is 4. The number of rotatable bonds is 6. The minimum atomic E-state index is 0.00181. The molecule has 0 aliphatic carbocycles. The number of amides is 2. The first-order valence-electron chi connectivity index (χ1n) is 8.49. The molecule has 2 rings (SSSR count). The number of hydrogen-bond acceptors (Lipinski definition) is 6. The first kappa shape index (κ1) is 18.1. The van der Waals surface area contributed by atoms with Gasteiger partial charge in [0, 0.05) is 65.2 Å². The van der Waals surface area contributed by atoms with E-state index in [0.717, 1.165) is 52.4 Å². The van der Waals surface area contributed by atoms with Crippen molar-refractivity contribution >= 4 is 11.8 Å². The average molecular weight is 326 g/mol. The molecule has 2 saturated heterocycles. The summed E-state index contributed by atoms with van der Waals surface area (Å²) in [7, 11) is 4.16. The average Bonchev–Trinajstić information content (AvgIpc) is 2.52. The van der Waals surface area contributed by atoms with Gasteiger partial charge < -0.3 is 9.80 Å². The minimum absolute atomic E-state index is 0.00181. The van der Waals surface area contributed by atoms with E-state index in [9.17, 15) is 9.59 Å². The van der Waals surface area contributed by atoms with Crippen LogP contribution in [0.15, 0.2) is 0 Å². The van der Waals surface area contributed by atoms with Gasteiger partial charge in [0.15, 0.2) is 0 Å². The summed E-state index contributed by atoms with van der Waals surface area (Å²) in [5.41, 5.74) is 5.84. The summed E-state index contributed by atoms with van der Waals surface area (Å²) in [5.74, 6) is 0.00361. The van der Waals surface area contributed by atoms with Gasteiger partial charge in [-0.15, -0.1) is 0 Å². The molecule has 0 bridgehead atoms. The molecule has 0 aromatic carbocycles. The second-order valence-electron chi connectivity index (χ2n) is 6.50. The van der Waals surface area contributed by atoms with Crippen molar-refractivity contribution in [3.63, 3.8) is 0 Å². The molecule has 0 unspecified atom stereocenters. The van der Waals surface area contributed by atoms with E-state index in [1.54, 1.807) is 0 Å². The molecule has 8 nitrogen and oxygen atoms in total. The third-order valence-electron chi connectivity index (χ3n) is 4.38. The minimum Gasteiger partial charge on any atom is -0.304 e. The van der Waals surface area contributed by atoms with Crippen molar-refractivity contribution in [2.75, 3.05) is 66.5 Å². The molecule has 2 fully saturated rings. The van der Waals surface area contributed by atoms with Crippen molar-refractivity contribution in [3.8, 4) is 0 Å². The molecule has 8 heteroatoms. The largest absolute Gasteiger partial charge is 0.304 e. The highest BCUT2D eigenvalue weighted by atomic mass is 16.2. The third-order valence-corrected chi connectivity index (χ3v) is 4.38. The Balaban J connectivity index is 1.53. The van der Waals surface area contributed by atoms with Crippen LogP contribution in [-0.4, -0.2) is 98.1 Å². The lowest BCUT2D eigenvalue weighted by atomic mass is 10.2. The second-order valence-corrected chi connectivity index (χ2v) is 6.50. The molecule has 2 N–H and O–H groups in total. The van der Waals surface area contributed by atoms with E-state index in [0.29, 0.717) is 19.3 Å². The molecule has 0 atom stereocenters. The van der Waals surface area contributed by atoms with Gasteiger partial charge in [0.05, 0.1) is 0 Å².